The van der Waals surface area contributed by atoms with Crippen molar-refractivity contribution in [3.05, 3.63) is 229 Å². The largest absolute Gasteiger partial charge is 0.477 e. The Morgan fingerprint density at radius 2 is 0.717 bits per heavy atom. The van der Waals surface area contributed by atoms with Crippen molar-refractivity contribution < 1.29 is 84.0 Å². The van der Waals surface area contributed by atoms with Crippen LogP contribution >= 0.6 is 74.6 Å². The molecule has 6 atom stereocenters. The SMILES string of the molecule is CC(C)OC(=O)[C@H](C)N.CC(C)OC(=O)[C@H](C)NP(=O)(O)Oc1ccccc1.CC(C)OC(=O)[C@H](C)NP(=O)(OCc1ccccc1)Oc1ccccc1.Cl.O=P(Cl)(Cl)Oc1ccccc1.O=P(Cl)(OCc1ccccc1)Oc1ccccc1.OCc1ccccc1. The standard InChI is InChI=1S/C19H24NO5P.C13H12ClO3P.C12H18NO5P.C7H8O.C6H5Cl2O2P.C6H13NO2.ClH/c1-15(2)24-19(21)16(3)20-26(22,25-18-12-8-5-9-13-18)23-14-17-10-6-4-7-11-17;14-18(15,17-13-9-5-2-6-10-13)16-11-12-7-3-1-4-8-12;1-9(2)17-12(14)10(3)13-19(15,16)18-11-7-5-4-6-8-11;8-6-7-4-2-1-3-5-7;7-11(8,9)10-6-4-2-1-3-5-6;1-4(2)9-6(8)5(3)7;/h4-13,15-16H,14H2,1-3H3,(H,20,22);1-10H,11H2;4-10H,1-3H3,(H2,13,15,16);1-5,8H,6H2;1-5H;4-5H,7H2,1-3H3;1H/t16-,26?;;10-;;;5-;/m0.0..0./s1. The topological polar surface area (TPSA) is 293 Å². The average molecular weight is 1430 g/mol. The highest BCUT2D eigenvalue weighted by molar-refractivity contribution is 8.05. The number of hydrogen-bond acceptors (Lipinski definition) is 18. The molecular weight excluding hydrogens is 1350 g/mol. The molecule has 504 valence electrons. The number of esters is 3. The summed E-state index contributed by atoms with van der Waals surface area (Å²) < 4.78 is 93.3. The Morgan fingerprint density at radius 3 is 1.03 bits per heavy atom. The van der Waals surface area contributed by atoms with Gasteiger partial charge in [0.2, 0.25) is 0 Å². The summed E-state index contributed by atoms with van der Waals surface area (Å²) >= 11 is 16.1. The van der Waals surface area contributed by atoms with E-state index in [1.165, 1.54) is 6.92 Å². The van der Waals surface area contributed by atoms with Crippen molar-refractivity contribution in [1.29, 1.82) is 0 Å². The maximum absolute atomic E-state index is 13.2. The van der Waals surface area contributed by atoms with Crippen LogP contribution in [0.4, 0.5) is 0 Å². The van der Waals surface area contributed by atoms with E-state index in [9.17, 15) is 37.5 Å². The van der Waals surface area contributed by atoms with Crippen LogP contribution in [0.25, 0.3) is 0 Å². The van der Waals surface area contributed by atoms with Gasteiger partial charge in [-0.2, -0.15) is 10.2 Å². The Balaban J connectivity index is 0.000000577. The third-order valence-electron chi connectivity index (χ3n) is 10.2. The molecule has 0 heterocycles. The quantitative estimate of drug-likeness (QED) is 0.0202. The fourth-order valence-electron chi connectivity index (χ4n) is 6.24. The molecule has 0 aromatic heterocycles. The first-order valence-electron chi connectivity index (χ1n) is 28.0. The van der Waals surface area contributed by atoms with E-state index in [4.69, 9.17) is 81.4 Å². The molecule has 3 unspecified atom stereocenters. The summed E-state index contributed by atoms with van der Waals surface area (Å²) in [5.74, 6) is -0.0399. The Kier molecular flexibility index (Phi) is 41.4. The van der Waals surface area contributed by atoms with Gasteiger partial charge in [-0.05, 0) is 128 Å². The molecule has 0 fully saturated rings. The molecule has 0 spiro atoms. The number of nitrogens with two attached hydrogens (primary N) is 1. The molecule has 92 heavy (non-hydrogen) atoms. The van der Waals surface area contributed by atoms with Gasteiger partial charge in [0.1, 0.15) is 41.1 Å². The summed E-state index contributed by atoms with van der Waals surface area (Å²) in [5, 5.41) is 13.4. The number of rotatable bonds is 25. The maximum atomic E-state index is 13.2. The second kappa shape index (κ2) is 45.3. The molecule has 21 nitrogen and oxygen atoms in total. The minimum absolute atomic E-state index is 0. The van der Waals surface area contributed by atoms with E-state index in [0.717, 1.165) is 16.7 Å². The average Bonchev–Trinajstić information content (AvgIpc) is 1.22. The maximum Gasteiger partial charge on any atom is 0.477 e. The van der Waals surface area contributed by atoms with Crippen LogP contribution in [0.5, 0.6) is 23.0 Å². The van der Waals surface area contributed by atoms with Gasteiger partial charge in [-0.1, -0.05) is 164 Å². The number of carbonyl (C=O) groups excluding carboxylic acids is 3. The Morgan fingerprint density at radius 1 is 0.424 bits per heavy atom. The van der Waals surface area contributed by atoms with Gasteiger partial charge in [-0.3, -0.25) is 23.4 Å². The number of hydrogen-bond donors (Lipinski definition) is 5. The lowest BCUT2D eigenvalue weighted by atomic mass is 10.2. The third-order valence-corrected chi connectivity index (χ3v) is 15.2. The van der Waals surface area contributed by atoms with Gasteiger partial charge in [0.25, 0.3) is 0 Å². The minimum atomic E-state index is -4.12. The molecule has 7 rings (SSSR count). The van der Waals surface area contributed by atoms with Crippen molar-refractivity contribution in [2.24, 2.45) is 5.73 Å². The van der Waals surface area contributed by atoms with E-state index < -0.39 is 58.6 Å². The second-order valence-electron chi connectivity index (χ2n) is 19.6. The Labute approximate surface area is 559 Å². The summed E-state index contributed by atoms with van der Waals surface area (Å²) in [5.41, 5.74) is 7.90. The molecule has 0 bridgehead atoms. The van der Waals surface area contributed by atoms with Crippen LogP contribution in [0.2, 0.25) is 0 Å². The molecule has 0 radical (unpaired) electrons. The number of aliphatic hydroxyl groups excluding tert-OH is 1. The van der Waals surface area contributed by atoms with Crippen molar-refractivity contribution in [1.82, 2.24) is 10.2 Å². The zero-order valence-corrected chi connectivity index (χ0v) is 58.8. The summed E-state index contributed by atoms with van der Waals surface area (Å²) in [4.78, 5) is 43.8. The normalized spacial score (nSPS) is 13.5. The van der Waals surface area contributed by atoms with Crippen LogP contribution in [0, 0.1) is 0 Å². The van der Waals surface area contributed by atoms with Crippen molar-refractivity contribution in [3.8, 4) is 23.0 Å². The predicted molar refractivity (Wildman–Crippen MR) is 363 cm³/mol. The number of carbonyl (C=O) groups is 3. The summed E-state index contributed by atoms with van der Waals surface area (Å²) in [6.07, 6.45) is -4.07. The number of ether oxygens (including phenoxy) is 3. The van der Waals surface area contributed by atoms with E-state index in [2.05, 4.69) is 14.7 Å². The van der Waals surface area contributed by atoms with Crippen LogP contribution in [0.15, 0.2) is 212 Å². The lowest BCUT2D eigenvalue weighted by Crippen LogP contribution is -2.36. The molecular formula is C63H81Cl4N3O18P4. The highest BCUT2D eigenvalue weighted by Gasteiger charge is 2.33. The second-order valence-corrected chi connectivity index (χ2v) is 29.5. The zero-order valence-electron chi connectivity index (χ0n) is 52.1. The van der Waals surface area contributed by atoms with E-state index in [-0.39, 0.29) is 62.3 Å². The minimum Gasteiger partial charge on any atom is -0.462 e. The molecule has 6 N–H and O–H groups in total. The summed E-state index contributed by atoms with van der Waals surface area (Å²) in [6.45, 7) is 11.8. The lowest BCUT2D eigenvalue weighted by Gasteiger charge is -2.23. The van der Waals surface area contributed by atoms with Gasteiger partial charge in [-0.15, -0.1) is 12.4 Å². The highest BCUT2D eigenvalue weighted by Crippen LogP contribution is 2.57. The number of para-hydroxylation sites is 4. The van der Waals surface area contributed by atoms with Crippen LogP contribution in [0.3, 0.4) is 0 Å². The third kappa shape index (κ3) is 41.5. The fourth-order valence-corrected chi connectivity index (χ4v) is 10.7. The first kappa shape index (κ1) is 84.0. The number of aliphatic hydroxyl groups is 1. The predicted octanol–water partition coefficient (Wildman–Crippen LogP) is 16.6. The van der Waals surface area contributed by atoms with Crippen LogP contribution in [-0.4, -0.2) is 64.3 Å². The highest BCUT2D eigenvalue weighted by atomic mass is 35.9. The zero-order chi connectivity index (χ0) is 67.9. The molecule has 0 aliphatic rings. The molecule has 29 heteroatoms. The summed E-state index contributed by atoms with van der Waals surface area (Å²) in [6, 6.07) is 59.9. The Bertz CT molecular complexity index is 3320. The molecule has 0 amide bonds. The van der Waals surface area contributed by atoms with Gasteiger partial charge >= 0.3 is 46.4 Å². The van der Waals surface area contributed by atoms with Crippen molar-refractivity contribution in [2.75, 3.05) is 0 Å². The molecule has 0 aliphatic carbocycles. The van der Waals surface area contributed by atoms with Gasteiger partial charge in [0, 0.05) is 33.7 Å². The van der Waals surface area contributed by atoms with Crippen molar-refractivity contribution >= 4 is 92.6 Å². The molecule has 0 saturated heterocycles. The van der Waals surface area contributed by atoms with E-state index in [0.29, 0.717) is 17.2 Å². The van der Waals surface area contributed by atoms with E-state index in [1.54, 1.807) is 165 Å². The van der Waals surface area contributed by atoms with Crippen molar-refractivity contribution in [3.63, 3.8) is 0 Å². The van der Waals surface area contributed by atoms with Gasteiger partial charge in [0.05, 0.1) is 38.1 Å². The molecule has 7 aromatic carbocycles. The number of benzene rings is 7. The monoisotopic (exact) mass is 1430 g/mol. The lowest BCUT2D eigenvalue weighted by molar-refractivity contribution is -0.150. The van der Waals surface area contributed by atoms with Gasteiger partial charge < -0.3 is 48.0 Å². The van der Waals surface area contributed by atoms with Crippen LogP contribution in [-0.2, 0) is 75.7 Å². The smallest absolute Gasteiger partial charge is 0.462 e. The summed E-state index contributed by atoms with van der Waals surface area (Å²) in [7, 11) is -7.93. The van der Waals surface area contributed by atoms with Gasteiger partial charge in [-0.25, -0.2) is 18.3 Å². The molecule has 7 aromatic rings. The van der Waals surface area contributed by atoms with E-state index in [1.807, 2.05) is 103 Å². The van der Waals surface area contributed by atoms with Gasteiger partial charge in [0.15, 0.2) is 0 Å². The Hall–Kier alpha value is -6.05. The number of halogens is 4. The van der Waals surface area contributed by atoms with Crippen molar-refractivity contribution in [2.45, 2.75) is 119 Å². The molecule has 0 saturated carbocycles. The molecule has 0 aliphatic heterocycles. The van der Waals surface area contributed by atoms with E-state index >= 15 is 0 Å². The number of nitrogens with one attached hydrogen (secondary N) is 2. The fraction of sp³-hybridized carbons (Fsp3) is 0.286. The first-order chi connectivity index (χ1) is 42.9. The van der Waals surface area contributed by atoms with Crippen LogP contribution < -0.4 is 34.0 Å². The van der Waals surface area contributed by atoms with Crippen LogP contribution in [0.1, 0.15) is 79.0 Å². The first-order valence-corrected chi connectivity index (χ1v) is 37.0.